The number of benzene rings is 1. The van der Waals surface area contributed by atoms with E-state index in [2.05, 4.69) is 48.4 Å². The fraction of sp³-hybridized carbons (Fsp3) is 0.333. The summed E-state index contributed by atoms with van der Waals surface area (Å²) in [4.78, 5) is 16.3. The van der Waals surface area contributed by atoms with E-state index in [9.17, 15) is 4.79 Å². The Morgan fingerprint density at radius 1 is 1.00 bits per heavy atom. The number of nitrogens with one attached hydrogen (secondary N) is 1. The molecule has 0 saturated carbocycles. The van der Waals surface area contributed by atoms with Crippen LogP contribution >= 0.6 is 0 Å². The highest BCUT2D eigenvalue weighted by Gasteiger charge is 2.12. The Balaban J connectivity index is 2.05. The summed E-state index contributed by atoms with van der Waals surface area (Å²) < 4.78 is 0. The molecule has 1 aromatic carbocycles. The molecule has 2 rings (SSSR count). The standard InChI is InChI=1S/C18H22N2O/c1-12(2)15-7-9-16(10-8-15)14(4)20-18(21)17-6-5-13(3)19-11-17/h5-12,14H,1-4H3,(H,20,21)/t14-/m0/s1. The lowest BCUT2D eigenvalue weighted by atomic mass is 9.99. The van der Waals surface area contributed by atoms with Crippen molar-refractivity contribution in [2.24, 2.45) is 0 Å². The van der Waals surface area contributed by atoms with E-state index in [0.717, 1.165) is 11.3 Å². The Bertz CT molecular complexity index is 600. The maximum absolute atomic E-state index is 12.2. The van der Waals surface area contributed by atoms with Crippen molar-refractivity contribution in [1.29, 1.82) is 0 Å². The molecule has 110 valence electrons. The highest BCUT2D eigenvalue weighted by molar-refractivity contribution is 5.94. The summed E-state index contributed by atoms with van der Waals surface area (Å²) in [5.41, 5.74) is 3.91. The monoisotopic (exact) mass is 282 g/mol. The predicted octanol–water partition coefficient (Wildman–Crippen LogP) is 4.00. The molecule has 0 aliphatic carbocycles. The number of carbonyl (C=O) groups excluding carboxylic acids is 1. The number of hydrogen-bond donors (Lipinski definition) is 1. The molecule has 0 aliphatic rings. The minimum Gasteiger partial charge on any atom is -0.345 e. The smallest absolute Gasteiger partial charge is 0.253 e. The molecular formula is C18H22N2O. The molecule has 1 N–H and O–H groups in total. The molecule has 1 atom stereocenters. The van der Waals surface area contributed by atoms with Crippen LogP contribution in [0.5, 0.6) is 0 Å². The summed E-state index contributed by atoms with van der Waals surface area (Å²) in [7, 11) is 0. The summed E-state index contributed by atoms with van der Waals surface area (Å²) in [6, 6.07) is 12.0. The van der Waals surface area contributed by atoms with Gasteiger partial charge in [0.1, 0.15) is 0 Å². The molecule has 0 spiro atoms. The Kier molecular flexibility index (Phi) is 4.73. The van der Waals surface area contributed by atoms with Gasteiger partial charge in [-0.3, -0.25) is 9.78 Å². The molecule has 2 aromatic rings. The topological polar surface area (TPSA) is 42.0 Å². The molecule has 3 nitrogen and oxygen atoms in total. The zero-order valence-corrected chi connectivity index (χ0v) is 13.1. The lowest BCUT2D eigenvalue weighted by molar-refractivity contribution is 0.0939. The van der Waals surface area contributed by atoms with Crippen LogP contribution in [0, 0.1) is 6.92 Å². The number of pyridine rings is 1. The van der Waals surface area contributed by atoms with Crippen LogP contribution in [0.1, 0.15) is 59.9 Å². The van der Waals surface area contributed by atoms with Gasteiger partial charge in [0.05, 0.1) is 11.6 Å². The molecule has 3 heteroatoms. The normalized spacial score (nSPS) is 12.2. The number of nitrogens with zero attached hydrogens (tertiary/aromatic N) is 1. The van der Waals surface area contributed by atoms with Gasteiger partial charge in [0.15, 0.2) is 0 Å². The van der Waals surface area contributed by atoms with Crippen molar-refractivity contribution >= 4 is 5.91 Å². The number of amides is 1. The zero-order chi connectivity index (χ0) is 15.4. The minimum atomic E-state index is -0.0945. The molecule has 0 radical (unpaired) electrons. The second kappa shape index (κ2) is 6.53. The first-order valence-corrected chi connectivity index (χ1v) is 7.30. The van der Waals surface area contributed by atoms with Gasteiger partial charge in [0.25, 0.3) is 5.91 Å². The lowest BCUT2D eigenvalue weighted by Crippen LogP contribution is -2.26. The van der Waals surface area contributed by atoms with Gasteiger partial charge >= 0.3 is 0 Å². The van der Waals surface area contributed by atoms with Crippen LogP contribution in [-0.2, 0) is 0 Å². The second-order valence-corrected chi connectivity index (χ2v) is 5.70. The van der Waals surface area contributed by atoms with E-state index in [4.69, 9.17) is 0 Å². The van der Waals surface area contributed by atoms with Crippen LogP contribution in [0.15, 0.2) is 42.6 Å². The van der Waals surface area contributed by atoms with Gasteiger partial charge < -0.3 is 5.32 Å². The average molecular weight is 282 g/mol. The number of carbonyl (C=O) groups is 1. The average Bonchev–Trinajstić information content (AvgIpc) is 2.47. The number of hydrogen-bond acceptors (Lipinski definition) is 2. The fourth-order valence-electron chi connectivity index (χ4n) is 2.14. The first kappa shape index (κ1) is 15.2. The van der Waals surface area contributed by atoms with E-state index in [1.54, 1.807) is 12.3 Å². The molecule has 0 bridgehead atoms. The van der Waals surface area contributed by atoms with Gasteiger partial charge in [0.2, 0.25) is 0 Å². The third-order valence-electron chi connectivity index (χ3n) is 3.62. The van der Waals surface area contributed by atoms with Crippen molar-refractivity contribution in [3.05, 3.63) is 65.0 Å². The maximum atomic E-state index is 12.2. The van der Waals surface area contributed by atoms with Crippen LogP contribution in [0.25, 0.3) is 0 Å². The molecule has 0 unspecified atom stereocenters. The van der Waals surface area contributed by atoms with Gasteiger partial charge in [-0.05, 0) is 43.0 Å². The van der Waals surface area contributed by atoms with Crippen molar-refractivity contribution < 1.29 is 4.79 Å². The van der Waals surface area contributed by atoms with Crippen LogP contribution in [0.3, 0.4) is 0 Å². The van der Waals surface area contributed by atoms with Crippen molar-refractivity contribution in [2.75, 3.05) is 0 Å². The number of aryl methyl sites for hydroxylation is 1. The van der Waals surface area contributed by atoms with Gasteiger partial charge in [-0.2, -0.15) is 0 Å². The van der Waals surface area contributed by atoms with Gasteiger partial charge in [-0.1, -0.05) is 38.1 Å². The third kappa shape index (κ3) is 3.91. The van der Waals surface area contributed by atoms with Crippen LogP contribution in [0.2, 0.25) is 0 Å². The largest absolute Gasteiger partial charge is 0.345 e. The first-order chi connectivity index (χ1) is 9.97. The van der Waals surface area contributed by atoms with E-state index < -0.39 is 0 Å². The molecule has 1 heterocycles. The summed E-state index contributed by atoms with van der Waals surface area (Å²) in [6.45, 7) is 8.24. The first-order valence-electron chi connectivity index (χ1n) is 7.30. The Hall–Kier alpha value is -2.16. The Morgan fingerprint density at radius 2 is 1.62 bits per heavy atom. The maximum Gasteiger partial charge on any atom is 0.253 e. The SMILES string of the molecule is Cc1ccc(C(=O)N[C@@H](C)c2ccc(C(C)C)cc2)cn1. The second-order valence-electron chi connectivity index (χ2n) is 5.70. The van der Waals surface area contributed by atoms with Crippen molar-refractivity contribution in [2.45, 2.75) is 39.7 Å². The van der Waals surface area contributed by atoms with E-state index in [1.807, 2.05) is 19.9 Å². The molecule has 1 aromatic heterocycles. The van der Waals surface area contributed by atoms with E-state index in [0.29, 0.717) is 11.5 Å². The zero-order valence-electron chi connectivity index (χ0n) is 13.1. The molecule has 1 amide bonds. The third-order valence-corrected chi connectivity index (χ3v) is 3.62. The Labute approximate surface area is 126 Å². The van der Waals surface area contributed by atoms with Crippen molar-refractivity contribution in [3.8, 4) is 0 Å². The summed E-state index contributed by atoms with van der Waals surface area (Å²) in [5.74, 6) is 0.422. The summed E-state index contributed by atoms with van der Waals surface area (Å²) in [6.07, 6.45) is 1.61. The molecule has 0 aliphatic heterocycles. The van der Waals surface area contributed by atoms with E-state index in [-0.39, 0.29) is 11.9 Å². The Morgan fingerprint density at radius 3 is 2.14 bits per heavy atom. The van der Waals surface area contributed by atoms with Gasteiger partial charge in [-0.15, -0.1) is 0 Å². The highest BCUT2D eigenvalue weighted by atomic mass is 16.1. The molecule has 21 heavy (non-hydrogen) atoms. The number of aromatic nitrogens is 1. The van der Waals surface area contributed by atoms with E-state index in [1.165, 1.54) is 5.56 Å². The fourth-order valence-corrected chi connectivity index (χ4v) is 2.14. The highest BCUT2D eigenvalue weighted by Crippen LogP contribution is 2.18. The molecule has 0 saturated heterocycles. The van der Waals surface area contributed by atoms with Gasteiger partial charge in [-0.25, -0.2) is 0 Å². The van der Waals surface area contributed by atoms with Crippen LogP contribution in [-0.4, -0.2) is 10.9 Å². The lowest BCUT2D eigenvalue weighted by Gasteiger charge is -2.15. The quantitative estimate of drug-likeness (QED) is 0.920. The predicted molar refractivity (Wildman–Crippen MR) is 85.4 cm³/mol. The van der Waals surface area contributed by atoms with Crippen molar-refractivity contribution in [1.82, 2.24) is 10.3 Å². The van der Waals surface area contributed by atoms with Crippen LogP contribution < -0.4 is 5.32 Å². The van der Waals surface area contributed by atoms with Gasteiger partial charge in [0, 0.05) is 11.9 Å². The minimum absolute atomic E-state index is 0.0278. The van der Waals surface area contributed by atoms with Crippen LogP contribution in [0.4, 0.5) is 0 Å². The van der Waals surface area contributed by atoms with E-state index >= 15 is 0 Å². The summed E-state index contributed by atoms with van der Waals surface area (Å²) >= 11 is 0. The molecular weight excluding hydrogens is 260 g/mol. The molecule has 0 fully saturated rings. The number of rotatable bonds is 4. The summed E-state index contributed by atoms with van der Waals surface area (Å²) in [5, 5.41) is 3.00. The van der Waals surface area contributed by atoms with Crippen molar-refractivity contribution in [3.63, 3.8) is 0 Å².